The molecule has 2 aromatic rings. The minimum atomic E-state index is -0.529. The molecule has 1 fully saturated rings. The number of fused-ring (bicyclic) bond motifs is 3. The number of carbonyl (C=O) groups excluding carboxylic acids is 1. The minimum absolute atomic E-state index is 0.0840. The van der Waals surface area contributed by atoms with Gasteiger partial charge in [0.15, 0.2) is 0 Å². The molecule has 1 atom stereocenters. The molecule has 1 saturated carbocycles. The summed E-state index contributed by atoms with van der Waals surface area (Å²) in [7, 11) is 0. The molecule has 2 aromatic carbocycles. The molecule has 1 unspecified atom stereocenters. The van der Waals surface area contributed by atoms with Crippen molar-refractivity contribution in [1.82, 2.24) is 0 Å². The summed E-state index contributed by atoms with van der Waals surface area (Å²) in [4.78, 5) is 12.3. The molecule has 0 aliphatic heterocycles. The molecule has 2 aliphatic carbocycles. The second-order valence-corrected chi connectivity index (χ2v) is 7.24. The first-order chi connectivity index (χ1) is 11.5. The van der Waals surface area contributed by atoms with Crippen LogP contribution in [0.2, 0.25) is 0 Å². The highest BCUT2D eigenvalue weighted by molar-refractivity contribution is 5.88. The van der Waals surface area contributed by atoms with Crippen LogP contribution in [0.25, 0.3) is 11.1 Å². The summed E-state index contributed by atoms with van der Waals surface area (Å²) in [6.45, 7) is 7.58. The van der Waals surface area contributed by atoms with Crippen LogP contribution in [0.1, 0.15) is 43.7 Å². The molecule has 0 saturated heterocycles. The van der Waals surface area contributed by atoms with E-state index in [0.29, 0.717) is 11.5 Å². The van der Waals surface area contributed by atoms with Crippen molar-refractivity contribution in [2.24, 2.45) is 5.92 Å². The Bertz CT molecular complexity index is 786. The number of hydrogen-bond donors (Lipinski definition) is 0. The predicted octanol–water partition coefficient (Wildman–Crippen LogP) is 5.09. The lowest BCUT2D eigenvalue weighted by Gasteiger charge is -2.37. The fourth-order valence-corrected chi connectivity index (χ4v) is 4.09. The molecule has 0 aromatic heterocycles. The van der Waals surface area contributed by atoms with Gasteiger partial charge < -0.3 is 4.74 Å². The smallest absolute Gasteiger partial charge is 0.333 e. The highest BCUT2D eigenvalue weighted by atomic mass is 16.6. The third-order valence-electron chi connectivity index (χ3n) is 5.46. The highest BCUT2D eigenvalue weighted by Gasteiger charge is 2.53. The van der Waals surface area contributed by atoms with E-state index in [9.17, 15) is 4.79 Å². The fraction of sp³-hybridized carbons (Fsp3) is 0.318. The first kappa shape index (κ1) is 15.2. The first-order valence-electron chi connectivity index (χ1n) is 8.59. The van der Waals surface area contributed by atoms with Crippen molar-refractivity contribution in [2.75, 3.05) is 0 Å². The second kappa shape index (κ2) is 5.34. The van der Waals surface area contributed by atoms with Crippen LogP contribution in [0.15, 0.2) is 60.7 Å². The van der Waals surface area contributed by atoms with E-state index in [0.717, 1.165) is 12.8 Å². The number of rotatable bonds is 4. The lowest BCUT2D eigenvalue weighted by Crippen LogP contribution is -2.40. The van der Waals surface area contributed by atoms with Crippen LogP contribution in [0, 0.1) is 5.92 Å². The van der Waals surface area contributed by atoms with Gasteiger partial charge in [-0.25, -0.2) is 4.79 Å². The molecule has 24 heavy (non-hydrogen) atoms. The summed E-state index contributed by atoms with van der Waals surface area (Å²) in [5.74, 6) is 0.206. The van der Waals surface area contributed by atoms with Gasteiger partial charge in [0.2, 0.25) is 0 Å². The number of hydrogen-bond acceptors (Lipinski definition) is 2. The molecule has 2 nitrogen and oxygen atoms in total. The maximum absolute atomic E-state index is 12.3. The molecule has 4 rings (SSSR count). The topological polar surface area (TPSA) is 26.3 Å². The van der Waals surface area contributed by atoms with Crippen LogP contribution in [-0.2, 0) is 9.53 Å². The zero-order chi connectivity index (χ0) is 16.9. The molecular weight excluding hydrogens is 296 g/mol. The van der Waals surface area contributed by atoms with Crippen LogP contribution in [0.5, 0.6) is 0 Å². The van der Waals surface area contributed by atoms with Crippen molar-refractivity contribution < 1.29 is 9.53 Å². The molecule has 0 heterocycles. The lowest BCUT2D eigenvalue weighted by molar-refractivity contribution is -0.156. The largest absolute Gasteiger partial charge is 0.455 e. The van der Waals surface area contributed by atoms with Crippen LogP contribution in [-0.4, -0.2) is 11.6 Å². The Morgan fingerprint density at radius 3 is 2.00 bits per heavy atom. The third kappa shape index (κ3) is 2.21. The summed E-state index contributed by atoms with van der Waals surface area (Å²) < 4.78 is 6.08. The average Bonchev–Trinajstić information content (AvgIpc) is 3.37. The van der Waals surface area contributed by atoms with Crippen molar-refractivity contribution in [2.45, 2.75) is 38.2 Å². The van der Waals surface area contributed by atoms with Gasteiger partial charge in [-0.1, -0.05) is 55.1 Å². The number of benzene rings is 2. The summed E-state index contributed by atoms with van der Waals surface area (Å²) in [6, 6.07) is 17.0. The summed E-state index contributed by atoms with van der Waals surface area (Å²) in [5, 5.41) is 0. The Balaban J connectivity index is 1.87. The van der Waals surface area contributed by atoms with Gasteiger partial charge in [0.1, 0.15) is 5.60 Å². The van der Waals surface area contributed by atoms with E-state index < -0.39 is 5.60 Å². The molecule has 2 heteroatoms. The molecule has 0 radical (unpaired) electrons. The third-order valence-corrected chi connectivity index (χ3v) is 5.46. The van der Waals surface area contributed by atoms with Gasteiger partial charge in [0, 0.05) is 5.57 Å². The first-order valence-corrected chi connectivity index (χ1v) is 8.59. The maximum Gasteiger partial charge on any atom is 0.333 e. The molecule has 0 N–H and O–H groups in total. The standard InChI is InChI=1S/C22H22O2/c1-14(2)21(23)24-22(3,15-12-13-15)20-18-10-6-4-8-16(18)17-9-5-7-11-19(17)20/h4-11,15,20H,1,12-13H2,2-3H3. The summed E-state index contributed by atoms with van der Waals surface area (Å²) in [5.41, 5.74) is 4.98. The van der Waals surface area contributed by atoms with Crippen molar-refractivity contribution in [1.29, 1.82) is 0 Å². The SMILES string of the molecule is C=C(C)C(=O)OC(C)(C1CC1)C1c2ccccc2-c2ccccc21. The normalized spacial score (nSPS) is 18.4. The van der Waals surface area contributed by atoms with Gasteiger partial charge in [-0.2, -0.15) is 0 Å². The molecule has 0 spiro atoms. The number of esters is 1. The molecule has 0 bridgehead atoms. The van der Waals surface area contributed by atoms with E-state index in [-0.39, 0.29) is 11.9 Å². The van der Waals surface area contributed by atoms with Crippen molar-refractivity contribution in [3.63, 3.8) is 0 Å². The Kier molecular flexibility index (Phi) is 3.38. The molecule has 122 valence electrons. The van der Waals surface area contributed by atoms with E-state index in [1.54, 1.807) is 6.92 Å². The second-order valence-electron chi connectivity index (χ2n) is 7.24. The lowest BCUT2D eigenvalue weighted by atomic mass is 9.78. The van der Waals surface area contributed by atoms with Gasteiger partial charge in [-0.3, -0.25) is 0 Å². The average molecular weight is 318 g/mol. The van der Waals surface area contributed by atoms with Crippen molar-refractivity contribution in [3.05, 3.63) is 71.8 Å². The van der Waals surface area contributed by atoms with Crippen molar-refractivity contribution in [3.8, 4) is 11.1 Å². The Labute approximate surface area is 143 Å². The zero-order valence-electron chi connectivity index (χ0n) is 14.2. The van der Waals surface area contributed by atoms with Crippen LogP contribution in [0.3, 0.4) is 0 Å². The van der Waals surface area contributed by atoms with E-state index in [1.807, 2.05) is 0 Å². The van der Waals surface area contributed by atoms with E-state index >= 15 is 0 Å². The Morgan fingerprint density at radius 2 is 1.54 bits per heavy atom. The van der Waals surface area contributed by atoms with Gasteiger partial charge in [-0.05, 0) is 54.9 Å². The van der Waals surface area contributed by atoms with Gasteiger partial charge in [0.05, 0.1) is 5.92 Å². The van der Waals surface area contributed by atoms with E-state index in [4.69, 9.17) is 4.74 Å². The molecule has 2 aliphatic rings. The summed E-state index contributed by atoms with van der Waals surface area (Å²) >= 11 is 0. The van der Waals surface area contributed by atoms with Gasteiger partial charge in [0.25, 0.3) is 0 Å². The predicted molar refractivity (Wildman–Crippen MR) is 95.8 cm³/mol. The van der Waals surface area contributed by atoms with Gasteiger partial charge >= 0.3 is 5.97 Å². The zero-order valence-corrected chi connectivity index (χ0v) is 14.2. The fourth-order valence-electron chi connectivity index (χ4n) is 4.09. The molecule has 0 amide bonds. The minimum Gasteiger partial charge on any atom is -0.455 e. The molecular formula is C22H22O2. The highest BCUT2D eigenvalue weighted by Crippen LogP contribution is 2.57. The van der Waals surface area contributed by atoms with Crippen LogP contribution in [0.4, 0.5) is 0 Å². The Hall–Kier alpha value is -2.35. The van der Waals surface area contributed by atoms with Crippen LogP contribution >= 0.6 is 0 Å². The quantitative estimate of drug-likeness (QED) is 0.580. The van der Waals surface area contributed by atoms with E-state index in [2.05, 4.69) is 62.0 Å². The van der Waals surface area contributed by atoms with Gasteiger partial charge in [-0.15, -0.1) is 0 Å². The number of ether oxygens (including phenoxy) is 1. The number of carbonyl (C=O) groups is 1. The van der Waals surface area contributed by atoms with Crippen LogP contribution < -0.4 is 0 Å². The van der Waals surface area contributed by atoms with Crippen molar-refractivity contribution >= 4 is 5.97 Å². The van der Waals surface area contributed by atoms with E-state index in [1.165, 1.54) is 22.3 Å². The maximum atomic E-state index is 12.3. The Morgan fingerprint density at radius 1 is 1.04 bits per heavy atom. The summed E-state index contributed by atoms with van der Waals surface area (Å²) in [6.07, 6.45) is 2.22. The monoisotopic (exact) mass is 318 g/mol.